The van der Waals surface area contributed by atoms with Crippen LogP contribution in [0.4, 0.5) is 0 Å². The summed E-state index contributed by atoms with van der Waals surface area (Å²) in [4.78, 5) is 2.14. The third-order valence-electron chi connectivity index (χ3n) is 3.67. The summed E-state index contributed by atoms with van der Waals surface area (Å²) in [6.07, 6.45) is 0.866. The van der Waals surface area contributed by atoms with Crippen LogP contribution in [0, 0.1) is 0 Å². The van der Waals surface area contributed by atoms with Gasteiger partial charge in [0.25, 0.3) is 0 Å². The van der Waals surface area contributed by atoms with E-state index in [1.807, 2.05) is 36.4 Å². The monoisotopic (exact) mass is 321 g/mol. The maximum Gasteiger partial charge on any atom is 0.0558 e. The van der Waals surface area contributed by atoms with Crippen molar-refractivity contribution in [3.05, 3.63) is 71.8 Å². The second kappa shape index (κ2) is 10.4. The van der Waals surface area contributed by atoms with Crippen molar-refractivity contribution >= 4 is 12.4 Å². The summed E-state index contributed by atoms with van der Waals surface area (Å²) in [7, 11) is 0. The topological polar surface area (TPSA) is 43.7 Å². The zero-order valence-corrected chi connectivity index (χ0v) is 13.5. The van der Waals surface area contributed by atoms with Gasteiger partial charge in [-0.3, -0.25) is 4.90 Å². The fourth-order valence-corrected chi connectivity index (χ4v) is 2.65. The Balaban J connectivity index is 0.00000242. The molecule has 0 spiro atoms. The molecule has 2 rings (SSSR count). The fourth-order valence-electron chi connectivity index (χ4n) is 2.65. The highest BCUT2D eigenvalue weighted by molar-refractivity contribution is 5.85. The minimum Gasteiger partial charge on any atom is -0.395 e. The number of hydrogen-bond acceptors (Lipinski definition) is 3. The van der Waals surface area contributed by atoms with Gasteiger partial charge in [0, 0.05) is 19.1 Å². The Kier molecular flexibility index (Phi) is 8.78. The van der Waals surface area contributed by atoms with Gasteiger partial charge in [-0.2, -0.15) is 0 Å². The number of nitrogens with zero attached hydrogens (tertiary/aromatic N) is 1. The first kappa shape index (κ1) is 18.7. The van der Waals surface area contributed by atoms with E-state index in [4.69, 9.17) is 0 Å². The van der Waals surface area contributed by atoms with Gasteiger partial charge >= 0.3 is 0 Å². The summed E-state index contributed by atoms with van der Waals surface area (Å²) in [5.41, 5.74) is 2.47. The molecule has 22 heavy (non-hydrogen) atoms. The molecule has 0 bridgehead atoms. The molecular weight excluding hydrogens is 298 g/mol. The number of aliphatic hydroxyl groups excluding tert-OH is 2. The van der Waals surface area contributed by atoms with E-state index in [0.717, 1.165) is 6.42 Å². The molecule has 0 aliphatic heterocycles. The zero-order valence-electron chi connectivity index (χ0n) is 12.6. The van der Waals surface area contributed by atoms with Crippen LogP contribution in [0.15, 0.2) is 60.7 Å². The van der Waals surface area contributed by atoms with Gasteiger partial charge in [0.15, 0.2) is 0 Å². The van der Waals surface area contributed by atoms with Crippen molar-refractivity contribution in [3.8, 4) is 0 Å². The first-order valence-corrected chi connectivity index (χ1v) is 7.39. The van der Waals surface area contributed by atoms with Crippen LogP contribution in [-0.4, -0.2) is 41.4 Å². The van der Waals surface area contributed by atoms with E-state index in [-0.39, 0.29) is 31.7 Å². The van der Waals surface area contributed by atoms with Crippen LogP contribution in [-0.2, 0) is 6.42 Å². The van der Waals surface area contributed by atoms with Crippen molar-refractivity contribution < 1.29 is 10.2 Å². The molecule has 1 unspecified atom stereocenters. The van der Waals surface area contributed by atoms with Gasteiger partial charge in [-0.1, -0.05) is 60.7 Å². The zero-order chi connectivity index (χ0) is 14.9. The molecule has 0 aliphatic rings. The van der Waals surface area contributed by atoms with Crippen molar-refractivity contribution in [3.63, 3.8) is 0 Å². The van der Waals surface area contributed by atoms with Crippen LogP contribution < -0.4 is 0 Å². The lowest BCUT2D eigenvalue weighted by Crippen LogP contribution is -2.35. The predicted octanol–water partition coefficient (Wildman–Crippen LogP) is 2.68. The highest BCUT2D eigenvalue weighted by Gasteiger charge is 2.20. The van der Waals surface area contributed by atoms with Crippen molar-refractivity contribution in [2.75, 3.05) is 26.3 Å². The maximum absolute atomic E-state index is 9.30. The Morgan fingerprint density at radius 2 is 1.27 bits per heavy atom. The normalized spacial score (nSPS) is 12.0. The highest BCUT2D eigenvalue weighted by atomic mass is 35.5. The lowest BCUT2D eigenvalue weighted by atomic mass is 9.97. The second-order valence-electron chi connectivity index (χ2n) is 5.10. The number of rotatable bonds is 8. The summed E-state index contributed by atoms with van der Waals surface area (Å²) in [6.45, 7) is 1.32. The standard InChI is InChI=1S/C18H23NO2.ClH/c20-13-11-19(12-14-21)18(17-9-5-2-6-10-17)15-16-7-3-1-4-8-16;/h1-10,18,20-21H,11-15H2;1H. The van der Waals surface area contributed by atoms with Crippen molar-refractivity contribution in [1.82, 2.24) is 4.90 Å². The smallest absolute Gasteiger partial charge is 0.0558 e. The average Bonchev–Trinajstić information content (AvgIpc) is 2.54. The molecule has 2 aromatic carbocycles. The van der Waals surface area contributed by atoms with Crippen LogP contribution in [0.1, 0.15) is 17.2 Å². The molecule has 3 nitrogen and oxygen atoms in total. The summed E-state index contributed by atoms with van der Waals surface area (Å²) in [6, 6.07) is 20.8. The van der Waals surface area contributed by atoms with Crippen molar-refractivity contribution in [1.29, 1.82) is 0 Å². The molecule has 4 heteroatoms. The summed E-state index contributed by atoms with van der Waals surface area (Å²) < 4.78 is 0. The van der Waals surface area contributed by atoms with E-state index in [9.17, 15) is 10.2 Å². The lowest BCUT2D eigenvalue weighted by Gasteiger charge is -2.31. The van der Waals surface area contributed by atoms with Crippen LogP contribution in [0.25, 0.3) is 0 Å². The number of halogens is 1. The molecule has 0 amide bonds. The van der Waals surface area contributed by atoms with Gasteiger partial charge in [-0.25, -0.2) is 0 Å². The Bertz CT molecular complexity index is 501. The minimum atomic E-state index is 0. The Hall–Kier alpha value is -1.39. The lowest BCUT2D eigenvalue weighted by molar-refractivity contribution is 0.121. The Morgan fingerprint density at radius 3 is 1.77 bits per heavy atom. The molecule has 0 saturated carbocycles. The van der Waals surface area contributed by atoms with E-state index in [2.05, 4.69) is 29.2 Å². The van der Waals surface area contributed by atoms with Gasteiger partial charge in [-0.15, -0.1) is 12.4 Å². The number of hydrogen-bond donors (Lipinski definition) is 2. The number of benzene rings is 2. The van der Waals surface area contributed by atoms with E-state index >= 15 is 0 Å². The predicted molar refractivity (Wildman–Crippen MR) is 92.3 cm³/mol. The molecule has 0 saturated heterocycles. The molecule has 1 atom stereocenters. The van der Waals surface area contributed by atoms with Crippen LogP contribution in [0.3, 0.4) is 0 Å². The summed E-state index contributed by atoms with van der Waals surface area (Å²) in [5, 5.41) is 18.6. The molecule has 0 fully saturated rings. The maximum atomic E-state index is 9.30. The van der Waals surface area contributed by atoms with Crippen LogP contribution >= 0.6 is 12.4 Å². The van der Waals surface area contributed by atoms with E-state index in [1.54, 1.807) is 0 Å². The average molecular weight is 322 g/mol. The molecule has 0 radical (unpaired) electrons. The minimum absolute atomic E-state index is 0. The molecular formula is C18H24ClNO2. The first-order valence-electron chi connectivity index (χ1n) is 7.39. The van der Waals surface area contributed by atoms with Gasteiger partial charge in [0.2, 0.25) is 0 Å². The largest absolute Gasteiger partial charge is 0.395 e. The summed E-state index contributed by atoms with van der Waals surface area (Å²) in [5.74, 6) is 0. The second-order valence-corrected chi connectivity index (χ2v) is 5.10. The Labute approximate surface area is 138 Å². The Morgan fingerprint density at radius 1 is 0.773 bits per heavy atom. The van der Waals surface area contributed by atoms with E-state index in [0.29, 0.717) is 13.1 Å². The SMILES string of the molecule is Cl.OCCN(CCO)C(Cc1ccccc1)c1ccccc1. The molecule has 120 valence electrons. The van der Waals surface area contributed by atoms with Gasteiger partial charge in [0.1, 0.15) is 0 Å². The van der Waals surface area contributed by atoms with Crippen LogP contribution in [0.5, 0.6) is 0 Å². The van der Waals surface area contributed by atoms with E-state index < -0.39 is 0 Å². The molecule has 0 aliphatic carbocycles. The van der Waals surface area contributed by atoms with Crippen molar-refractivity contribution in [2.24, 2.45) is 0 Å². The van der Waals surface area contributed by atoms with Gasteiger partial charge < -0.3 is 10.2 Å². The van der Waals surface area contributed by atoms with Crippen molar-refractivity contribution in [2.45, 2.75) is 12.5 Å². The highest BCUT2D eigenvalue weighted by Crippen LogP contribution is 2.24. The molecule has 0 heterocycles. The van der Waals surface area contributed by atoms with Gasteiger partial charge in [-0.05, 0) is 17.5 Å². The summed E-state index contributed by atoms with van der Waals surface area (Å²) >= 11 is 0. The molecule has 2 aromatic rings. The third kappa shape index (κ3) is 5.43. The molecule has 2 N–H and O–H groups in total. The van der Waals surface area contributed by atoms with Crippen LogP contribution in [0.2, 0.25) is 0 Å². The number of aliphatic hydroxyl groups is 2. The van der Waals surface area contributed by atoms with E-state index in [1.165, 1.54) is 11.1 Å². The molecule has 0 aromatic heterocycles. The quantitative estimate of drug-likeness (QED) is 0.785. The third-order valence-corrected chi connectivity index (χ3v) is 3.67. The fraction of sp³-hybridized carbons (Fsp3) is 0.333. The van der Waals surface area contributed by atoms with Gasteiger partial charge in [0.05, 0.1) is 13.2 Å². The first-order chi connectivity index (χ1) is 10.3.